The molecule has 0 amide bonds. The first kappa shape index (κ1) is 6.62. The van der Waals surface area contributed by atoms with E-state index in [9.17, 15) is 0 Å². The minimum atomic E-state index is 0.544. The second-order valence-corrected chi connectivity index (χ2v) is 3.30. The molecule has 0 aromatic heterocycles. The standard InChI is InChI=1S/C8H15NO/c1-2-7-3-5-10-8(7)6-9-4-1/h7-9H,1-6H2. The minimum absolute atomic E-state index is 0.544. The molecule has 2 atom stereocenters. The monoisotopic (exact) mass is 141 g/mol. The molecule has 0 aliphatic carbocycles. The Balaban J connectivity index is 1.95. The smallest absolute Gasteiger partial charge is 0.0728 e. The molecule has 1 N–H and O–H groups in total. The summed E-state index contributed by atoms with van der Waals surface area (Å²) in [6.45, 7) is 3.28. The van der Waals surface area contributed by atoms with Crippen LogP contribution in [0.4, 0.5) is 0 Å². The maximum Gasteiger partial charge on any atom is 0.0728 e. The van der Waals surface area contributed by atoms with E-state index >= 15 is 0 Å². The highest BCUT2D eigenvalue weighted by atomic mass is 16.5. The number of hydrogen-bond donors (Lipinski definition) is 1. The van der Waals surface area contributed by atoms with Crippen molar-refractivity contribution in [3.63, 3.8) is 0 Å². The Morgan fingerprint density at radius 1 is 1.30 bits per heavy atom. The molecule has 0 radical (unpaired) electrons. The Morgan fingerprint density at radius 3 is 3.30 bits per heavy atom. The Bertz CT molecular complexity index is 104. The molecule has 2 fully saturated rings. The fourth-order valence-corrected chi connectivity index (χ4v) is 1.98. The molecule has 0 aromatic carbocycles. The van der Waals surface area contributed by atoms with Crippen molar-refractivity contribution in [2.45, 2.75) is 25.4 Å². The van der Waals surface area contributed by atoms with Gasteiger partial charge >= 0.3 is 0 Å². The SMILES string of the molecule is C1CNCC2OCCC2C1. The van der Waals surface area contributed by atoms with E-state index in [1.165, 1.54) is 25.8 Å². The quantitative estimate of drug-likeness (QED) is 0.538. The third kappa shape index (κ3) is 1.18. The Hall–Kier alpha value is -0.0800. The van der Waals surface area contributed by atoms with Gasteiger partial charge in [-0.25, -0.2) is 0 Å². The van der Waals surface area contributed by atoms with Crippen LogP contribution in [0.25, 0.3) is 0 Å². The summed E-state index contributed by atoms with van der Waals surface area (Å²) >= 11 is 0. The summed E-state index contributed by atoms with van der Waals surface area (Å²) in [5.74, 6) is 0.870. The average molecular weight is 141 g/mol. The van der Waals surface area contributed by atoms with Crippen LogP contribution in [0.5, 0.6) is 0 Å². The van der Waals surface area contributed by atoms with Crippen LogP contribution < -0.4 is 5.32 Å². The predicted molar refractivity (Wildman–Crippen MR) is 40.0 cm³/mol. The van der Waals surface area contributed by atoms with Gasteiger partial charge in [0.05, 0.1) is 6.10 Å². The zero-order chi connectivity index (χ0) is 6.81. The molecule has 2 unspecified atom stereocenters. The first-order valence-electron chi connectivity index (χ1n) is 4.29. The van der Waals surface area contributed by atoms with Crippen molar-refractivity contribution in [1.29, 1.82) is 0 Å². The molecule has 0 saturated carbocycles. The van der Waals surface area contributed by atoms with Gasteiger partial charge in [-0.15, -0.1) is 0 Å². The molecular formula is C8H15NO. The van der Waals surface area contributed by atoms with E-state index in [0.717, 1.165) is 19.1 Å². The average Bonchev–Trinajstić information content (AvgIpc) is 2.28. The summed E-state index contributed by atoms with van der Waals surface area (Å²) in [7, 11) is 0. The van der Waals surface area contributed by atoms with Gasteiger partial charge in [0.25, 0.3) is 0 Å². The number of ether oxygens (including phenoxy) is 1. The van der Waals surface area contributed by atoms with Crippen molar-refractivity contribution >= 4 is 0 Å². The van der Waals surface area contributed by atoms with Crippen molar-refractivity contribution in [3.8, 4) is 0 Å². The van der Waals surface area contributed by atoms with Crippen molar-refractivity contribution in [2.24, 2.45) is 5.92 Å². The second-order valence-electron chi connectivity index (χ2n) is 3.30. The largest absolute Gasteiger partial charge is 0.377 e. The second kappa shape index (κ2) is 2.89. The highest BCUT2D eigenvalue weighted by Crippen LogP contribution is 2.26. The maximum atomic E-state index is 5.57. The van der Waals surface area contributed by atoms with Crippen LogP contribution in [-0.2, 0) is 4.74 Å². The number of fused-ring (bicyclic) bond motifs is 1. The van der Waals surface area contributed by atoms with Gasteiger partial charge in [0.15, 0.2) is 0 Å². The van der Waals surface area contributed by atoms with Crippen molar-refractivity contribution in [3.05, 3.63) is 0 Å². The van der Waals surface area contributed by atoms with Gasteiger partial charge in [0.1, 0.15) is 0 Å². The van der Waals surface area contributed by atoms with Gasteiger partial charge in [-0.2, -0.15) is 0 Å². The van der Waals surface area contributed by atoms with Crippen LogP contribution in [-0.4, -0.2) is 25.8 Å². The van der Waals surface area contributed by atoms with Crippen molar-refractivity contribution < 1.29 is 4.74 Å². The van der Waals surface area contributed by atoms with Crippen LogP contribution >= 0.6 is 0 Å². The molecule has 2 heteroatoms. The first-order chi connectivity index (χ1) is 4.97. The summed E-state index contributed by atoms with van der Waals surface area (Å²) in [5.41, 5.74) is 0. The molecule has 2 saturated heterocycles. The number of rotatable bonds is 0. The molecule has 2 heterocycles. The van der Waals surface area contributed by atoms with E-state index in [4.69, 9.17) is 4.74 Å². The van der Waals surface area contributed by atoms with Gasteiger partial charge in [-0.1, -0.05) is 0 Å². The van der Waals surface area contributed by atoms with Crippen molar-refractivity contribution in [2.75, 3.05) is 19.7 Å². The van der Waals surface area contributed by atoms with E-state index < -0.39 is 0 Å². The summed E-state index contributed by atoms with van der Waals surface area (Å²) in [4.78, 5) is 0. The molecule has 2 aliphatic heterocycles. The molecule has 0 bridgehead atoms. The summed E-state index contributed by atoms with van der Waals surface area (Å²) < 4.78 is 5.57. The van der Waals surface area contributed by atoms with E-state index in [0.29, 0.717) is 6.10 Å². The zero-order valence-electron chi connectivity index (χ0n) is 6.31. The molecule has 2 rings (SSSR count). The van der Waals surface area contributed by atoms with E-state index in [1.807, 2.05) is 0 Å². The molecule has 58 valence electrons. The molecular weight excluding hydrogens is 126 g/mol. The molecule has 0 aromatic rings. The van der Waals surface area contributed by atoms with Crippen molar-refractivity contribution in [1.82, 2.24) is 5.32 Å². The zero-order valence-corrected chi connectivity index (χ0v) is 6.31. The lowest BCUT2D eigenvalue weighted by Crippen LogP contribution is -2.27. The highest BCUT2D eigenvalue weighted by Gasteiger charge is 2.28. The van der Waals surface area contributed by atoms with Gasteiger partial charge in [-0.05, 0) is 31.7 Å². The lowest BCUT2D eigenvalue weighted by Gasteiger charge is -2.13. The highest BCUT2D eigenvalue weighted by molar-refractivity contribution is 4.80. The normalized spacial score (nSPS) is 40.8. The third-order valence-corrected chi connectivity index (χ3v) is 2.62. The van der Waals surface area contributed by atoms with Crippen LogP contribution in [0.15, 0.2) is 0 Å². The van der Waals surface area contributed by atoms with Gasteiger partial charge in [0.2, 0.25) is 0 Å². The van der Waals surface area contributed by atoms with Crippen LogP contribution in [0.3, 0.4) is 0 Å². The molecule has 10 heavy (non-hydrogen) atoms. The summed E-state index contributed by atoms with van der Waals surface area (Å²) in [6, 6.07) is 0. The van der Waals surface area contributed by atoms with Gasteiger partial charge in [0, 0.05) is 13.2 Å². The lowest BCUT2D eigenvalue weighted by atomic mass is 9.97. The summed E-state index contributed by atoms with van der Waals surface area (Å²) in [6.07, 6.45) is 4.55. The van der Waals surface area contributed by atoms with Crippen LogP contribution in [0, 0.1) is 5.92 Å². The third-order valence-electron chi connectivity index (χ3n) is 2.62. The number of nitrogens with one attached hydrogen (secondary N) is 1. The van der Waals surface area contributed by atoms with E-state index in [1.54, 1.807) is 0 Å². The first-order valence-corrected chi connectivity index (χ1v) is 4.29. The summed E-state index contributed by atoms with van der Waals surface area (Å²) in [5, 5.41) is 3.39. The molecule has 2 aliphatic rings. The number of hydrogen-bond acceptors (Lipinski definition) is 2. The Morgan fingerprint density at radius 2 is 2.30 bits per heavy atom. The Labute approximate surface area is 61.9 Å². The molecule has 0 spiro atoms. The van der Waals surface area contributed by atoms with Crippen LogP contribution in [0.1, 0.15) is 19.3 Å². The maximum absolute atomic E-state index is 5.57. The van der Waals surface area contributed by atoms with Crippen LogP contribution in [0.2, 0.25) is 0 Å². The fourth-order valence-electron chi connectivity index (χ4n) is 1.98. The van der Waals surface area contributed by atoms with E-state index in [2.05, 4.69) is 5.32 Å². The minimum Gasteiger partial charge on any atom is -0.377 e. The molecule has 2 nitrogen and oxygen atoms in total. The lowest BCUT2D eigenvalue weighted by molar-refractivity contribution is 0.0938. The van der Waals surface area contributed by atoms with Gasteiger partial charge in [-0.3, -0.25) is 0 Å². The fraction of sp³-hybridized carbons (Fsp3) is 1.00. The van der Waals surface area contributed by atoms with E-state index in [-0.39, 0.29) is 0 Å². The van der Waals surface area contributed by atoms with Gasteiger partial charge < -0.3 is 10.1 Å². The predicted octanol–water partition coefficient (Wildman–Crippen LogP) is 0.775. The topological polar surface area (TPSA) is 21.3 Å². The Kier molecular flexibility index (Phi) is 1.91.